The Hall–Kier alpha value is -3.40. The van der Waals surface area contributed by atoms with Gasteiger partial charge in [-0.15, -0.1) is 0 Å². The lowest BCUT2D eigenvalue weighted by Gasteiger charge is -2.42. The van der Waals surface area contributed by atoms with Crippen LogP contribution in [0, 0.1) is 5.92 Å². The van der Waals surface area contributed by atoms with Crippen molar-refractivity contribution in [3.05, 3.63) is 132 Å². The maximum absolute atomic E-state index is 12.1. The van der Waals surface area contributed by atoms with E-state index in [1.165, 1.54) is 5.56 Å². The van der Waals surface area contributed by atoms with Crippen molar-refractivity contribution < 1.29 is 9.84 Å². The van der Waals surface area contributed by atoms with Gasteiger partial charge in [-0.1, -0.05) is 91.0 Å². The molecule has 1 aliphatic rings. The number of aliphatic hydroxyl groups is 1. The van der Waals surface area contributed by atoms with Crippen LogP contribution in [-0.4, -0.2) is 23.1 Å². The lowest BCUT2D eigenvalue weighted by Crippen LogP contribution is -2.44. The summed E-state index contributed by atoms with van der Waals surface area (Å²) < 4.78 is 6.02. The highest BCUT2D eigenvalue weighted by molar-refractivity contribution is 5.37. The van der Waals surface area contributed by atoms with E-state index in [1.54, 1.807) is 0 Å². The molecule has 1 heterocycles. The molecule has 0 spiro atoms. The first-order valence-electron chi connectivity index (χ1n) is 12.1. The minimum atomic E-state index is -0.974. The van der Waals surface area contributed by atoms with Gasteiger partial charge in [-0.2, -0.15) is 0 Å². The molecule has 4 aromatic carbocycles. The van der Waals surface area contributed by atoms with Crippen molar-refractivity contribution in [1.82, 2.24) is 4.90 Å². The van der Waals surface area contributed by atoms with Crippen molar-refractivity contribution in [2.45, 2.75) is 25.0 Å². The van der Waals surface area contributed by atoms with Crippen LogP contribution in [-0.2, 0) is 12.1 Å². The van der Waals surface area contributed by atoms with Crippen LogP contribution in [0.15, 0.2) is 115 Å². The Labute approximate surface area is 202 Å². The summed E-state index contributed by atoms with van der Waals surface area (Å²) in [6.45, 7) is 2.79. The number of nitrogens with zero attached hydrogens (tertiary/aromatic N) is 1. The van der Waals surface area contributed by atoms with Gasteiger partial charge in [0, 0.05) is 6.54 Å². The van der Waals surface area contributed by atoms with Gasteiger partial charge in [-0.3, -0.25) is 4.90 Å². The van der Waals surface area contributed by atoms with Gasteiger partial charge >= 0.3 is 0 Å². The van der Waals surface area contributed by atoms with Crippen molar-refractivity contribution in [2.24, 2.45) is 5.92 Å². The topological polar surface area (TPSA) is 32.7 Å². The molecule has 0 atom stereocenters. The first-order chi connectivity index (χ1) is 16.7. The van der Waals surface area contributed by atoms with Gasteiger partial charge in [0.2, 0.25) is 0 Å². The second-order valence-electron chi connectivity index (χ2n) is 9.11. The van der Waals surface area contributed by atoms with Gasteiger partial charge in [0.1, 0.15) is 17.1 Å². The van der Waals surface area contributed by atoms with E-state index in [0.29, 0.717) is 0 Å². The molecule has 0 bridgehead atoms. The fourth-order valence-corrected chi connectivity index (χ4v) is 5.12. The Bertz CT molecular complexity index is 1130. The van der Waals surface area contributed by atoms with Crippen molar-refractivity contribution in [2.75, 3.05) is 13.1 Å². The van der Waals surface area contributed by atoms with Gasteiger partial charge in [0.15, 0.2) is 0 Å². The van der Waals surface area contributed by atoms with Crippen molar-refractivity contribution >= 4 is 0 Å². The molecule has 3 nitrogen and oxygen atoms in total. The molecule has 0 radical (unpaired) electrons. The van der Waals surface area contributed by atoms with E-state index in [1.807, 2.05) is 72.8 Å². The zero-order valence-corrected chi connectivity index (χ0v) is 19.4. The van der Waals surface area contributed by atoms with Gasteiger partial charge < -0.3 is 9.84 Å². The third-order valence-corrected chi connectivity index (χ3v) is 6.89. The van der Waals surface area contributed by atoms with Crippen LogP contribution in [0.1, 0.15) is 29.5 Å². The summed E-state index contributed by atoms with van der Waals surface area (Å²) in [5, 5.41) is 12.1. The summed E-state index contributed by atoms with van der Waals surface area (Å²) in [5.41, 5.74) is 2.22. The number of benzene rings is 4. The molecule has 1 N–H and O–H groups in total. The number of para-hydroxylation sites is 1. The van der Waals surface area contributed by atoms with E-state index in [-0.39, 0.29) is 5.92 Å². The number of piperidine rings is 1. The molecule has 1 aliphatic heterocycles. The zero-order chi connectivity index (χ0) is 23.2. The number of hydrogen-bond donors (Lipinski definition) is 1. The molecular weight excluding hydrogens is 418 g/mol. The van der Waals surface area contributed by atoms with Crippen molar-refractivity contribution in [1.29, 1.82) is 0 Å². The highest BCUT2D eigenvalue weighted by Gasteiger charge is 2.41. The normalized spacial score (nSPS) is 15.2. The molecule has 1 fully saturated rings. The lowest BCUT2D eigenvalue weighted by molar-refractivity contribution is -0.0152. The summed E-state index contributed by atoms with van der Waals surface area (Å²) in [4.78, 5) is 2.48. The number of likely N-dealkylation sites (tertiary alicyclic amines) is 1. The first kappa shape index (κ1) is 22.4. The molecular formula is C31H31NO2. The fourth-order valence-electron chi connectivity index (χ4n) is 5.12. The largest absolute Gasteiger partial charge is 0.457 e. The van der Waals surface area contributed by atoms with Crippen LogP contribution < -0.4 is 4.74 Å². The van der Waals surface area contributed by atoms with Crippen LogP contribution in [0.2, 0.25) is 0 Å². The van der Waals surface area contributed by atoms with Crippen molar-refractivity contribution in [3.8, 4) is 11.5 Å². The van der Waals surface area contributed by atoms with Crippen LogP contribution in [0.4, 0.5) is 0 Å². The Kier molecular flexibility index (Phi) is 6.75. The number of ether oxygens (including phenoxy) is 1. The fraction of sp³-hybridized carbons (Fsp3) is 0.226. The van der Waals surface area contributed by atoms with E-state index in [4.69, 9.17) is 4.74 Å². The maximum Gasteiger partial charge on any atom is 0.127 e. The Morgan fingerprint density at radius 1 is 0.676 bits per heavy atom. The first-order valence-corrected chi connectivity index (χ1v) is 12.1. The molecule has 0 amide bonds. The minimum Gasteiger partial charge on any atom is -0.457 e. The zero-order valence-electron chi connectivity index (χ0n) is 19.4. The minimum absolute atomic E-state index is 0.168. The van der Waals surface area contributed by atoms with Crippen molar-refractivity contribution in [3.63, 3.8) is 0 Å². The SMILES string of the molecule is OC(c1ccccc1)(c1ccccc1)C1CCN(Cc2cccc(Oc3ccccc3)c2)CC1. The third kappa shape index (κ3) is 4.91. The number of hydrogen-bond acceptors (Lipinski definition) is 3. The Morgan fingerprint density at radius 3 is 1.79 bits per heavy atom. The van der Waals surface area contributed by atoms with Gasteiger partial charge in [-0.05, 0) is 72.8 Å². The molecule has 34 heavy (non-hydrogen) atoms. The van der Waals surface area contributed by atoms with Gasteiger partial charge in [-0.25, -0.2) is 0 Å². The third-order valence-electron chi connectivity index (χ3n) is 6.89. The van der Waals surface area contributed by atoms with Gasteiger partial charge in [0.25, 0.3) is 0 Å². The lowest BCUT2D eigenvalue weighted by atomic mass is 9.72. The Balaban J connectivity index is 1.27. The molecule has 172 valence electrons. The van der Waals surface area contributed by atoms with Gasteiger partial charge in [0.05, 0.1) is 0 Å². The summed E-state index contributed by atoms with van der Waals surface area (Å²) in [5.74, 6) is 1.88. The molecule has 0 aliphatic carbocycles. The molecule has 3 heteroatoms. The standard InChI is InChI=1S/C31H31NO2/c33-31(26-12-4-1-5-13-26,27-14-6-2-7-15-27)28-19-21-32(22-20-28)24-25-11-10-18-30(23-25)34-29-16-8-3-9-17-29/h1-18,23,28,33H,19-22,24H2. The summed E-state index contributed by atoms with van der Waals surface area (Å²) in [7, 11) is 0. The maximum atomic E-state index is 12.1. The highest BCUT2D eigenvalue weighted by atomic mass is 16.5. The molecule has 0 unspecified atom stereocenters. The van der Waals surface area contributed by atoms with E-state index < -0.39 is 5.60 Å². The Morgan fingerprint density at radius 2 is 1.21 bits per heavy atom. The van der Waals surface area contributed by atoms with Crippen LogP contribution >= 0.6 is 0 Å². The average Bonchev–Trinajstić information content (AvgIpc) is 2.90. The molecule has 5 rings (SSSR count). The van der Waals surface area contributed by atoms with Crippen LogP contribution in [0.25, 0.3) is 0 Å². The molecule has 0 aromatic heterocycles. The second kappa shape index (κ2) is 10.3. The quantitative estimate of drug-likeness (QED) is 0.344. The molecule has 0 saturated carbocycles. The summed E-state index contributed by atoms with van der Waals surface area (Å²) in [6, 6.07) is 38.5. The van der Waals surface area contributed by atoms with E-state index >= 15 is 0 Å². The summed E-state index contributed by atoms with van der Waals surface area (Å²) >= 11 is 0. The van der Waals surface area contributed by atoms with Crippen LogP contribution in [0.5, 0.6) is 11.5 Å². The predicted octanol–water partition coefficient (Wildman–Crippen LogP) is 6.63. The summed E-state index contributed by atoms with van der Waals surface area (Å²) in [6.07, 6.45) is 1.89. The average molecular weight is 450 g/mol. The van der Waals surface area contributed by atoms with Crippen LogP contribution in [0.3, 0.4) is 0 Å². The molecule has 4 aromatic rings. The number of rotatable bonds is 7. The van der Waals surface area contributed by atoms with E-state index in [9.17, 15) is 5.11 Å². The van der Waals surface area contributed by atoms with E-state index in [2.05, 4.69) is 47.4 Å². The monoisotopic (exact) mass is 449 g/mol. The highest BCUT2D eigenvalue weighted by Crippen LogP contribution is 2.42. The van der Waals surface area contributed by atoms with E-state index in [0.717, 1.165) is 55.1 Å². The molecule has 1 saturated heterocycles. The predicted molar refractivity (Wildman–Crippen MR) is 137 cm³/mol. The smallest absolute Gasteiger partial charge is 0.127 e. The second-order valence-corrected chi connectivity index (χ2v) is 9.11.